The second kappa shape index (κ2) is 9.91. The number of non-ortho nitro benzene ring substituents is 1. The molecule has 5 atom stereocenters. The largest absolute Gasteiger partial charge is 0.451 e. The number of aliphatic hydroxyl groups is 1. The monoisotopic (exact) mass is 557 g/mol. The van der Waals surface area contributed by atoms with E-state index in [0.29, 0.717) is 16.0 Å². The molecule has 12 nitrogen and oxygen atoms in total. The Labute approximate surface area is 232 Å². The quantitative estimate of drug-likeness (QED) is 0.158. The molecule has 0 aliphatic carbocycles. The molecule has 3 heterocycles. The number of β-lactam (4-membered cyclic amide) rings is 1. The van der Waals surface area contributed by atoms with E-state index in [1.807, 2.05) is 12.1 Å². The summed E-state index contributed by atoms with van der Waals surface area (Å²) in [6, 6.07) is 17.3. The van der Waals surface area contributed by atoms with Crippen LogP contribution in [-0.2, 0) is 19.1 Å². The summed E-state index contributed by atoms with van der Waals surface area (Å²) in [6.45, 7) is 1.51. The Morgan fingerprint density at radius 2 is 1.54 bits per heavy atom. The number of carbonyl (C=O) groups is 4. The summed E-state index contributed by atoms with van der Waals surface area (Å²) in [5.41, 5.74) is 0.676. The van der Waals surface area contributed by atoms with E-state index in [9.17, 15) is 34.4 Å². The first-order valence-corrected chi connectivity index (χ1v) is 12.8. The number of morpholine rings is 1. The Morgan fingerprint density at radius 1 is 0.951 bits per heavy atom. The first-order chi connectivity index (χ1) is 19.7. The molecule has 6 rings (SSSR count). The van der Waals surface area contributed by atoms with Crippen molar-refractivity contribution >= 4 is 29.4 Å². The van der Waals surface area contributed by atoms with Gasteiger partial charge in [-0.05, 0) is 24.1 Å². The van der Waals surface area contributed by atoms with Gasteiger partial charge < -0.3 is 19.5 Å². The molecule has 2 unspecified atom stereocenters. The molecular weight excluding hydrogens is 534 g/mol. The highest BCUT2D eigenvalue weighted by Crippen LogP contribution is 2.41. The second-order valence-corrected chi connectivity index (χ2v) is 9.96. The minimum absolute atomic E-state index is 0.101. The normalized spacial score (nSPS) is 25.0. The van der Waals surface area contributed by atoms with E-state index in [-0.39, 0.29) is 11.1 Å². The number of nitro benzene ring substituents is 1. The third-order valence-corrected chi connectivity index (χ3v) is 7.61. The Morgan fingerprint density at radius 3 is 2.12 bits per heavy atom. The van der Waals surface area contributed by atoms with Gasteiger partial charge in [-0.3, -0.25) is 29.4 Å². The summed E-state index contributed by atoms with van der Waals surface area (Å²) in [5.74, 6) is -3.30. The Hall–Kier alpha value is -4.94. The number of hydrogen-bond acceptors (Lipinski definition) is 9. The molecule has 41 heavy (non-hydrogen) atoms. The molecule has 12 heteroatoms. The standard InChI is InChI=1S/C29H23N3O9/c1-15-21(28(36)41-24(16-8-4-2-5-9-16)17-10-6-3-7-11-17)30-23(29(37)40-15)22(27(30)35)31-25(33)19-13-12-18(32(38)39)14-20(19)26(31)34/h2-15,21-24,29,37H,1H3/t15?,21-,22+,23+,29?/m1/s1. The zero-order valence-electron chi connectivity index (χ0n) is 21.5. The van der Waals surface area contributed by atoms with Gasteiger partial charge in [0.2, 0.25) is 5.91 Å². The smallest absolute Gasteiger partial charge is 0.332 e. The summed E-state index contributed by atoms with van der Waals surface area (Å²) < 4.78 is 11.6. The Kier molecular flexibility index (Phi) is 6.36. The maximum atomic E-state index is 13.7. The molecule has 3 amide bonds. The third-order valence-electron chi connectivity index (χ3n) is 7.61. The van der Waals surface area contributed by atoms with E-state index in [2.05, 4.69) is 0 Å². The van der Waals surface area contributed by atoms with Crippen LogP contribution in [0.5, 0.6) is 0 Å². The SMILES string of the molecule is CC1OC(O)[C@@H]2[C@H](N3C(=O)c4ccc([N+](=O)[O-])cc4C3=O)C(=O)N2[C@H]1C(=O)OC(c1ccccc1)c1ccccc1. The van der Waals surface area contributed by atoms with Crippen LogP contribution in [0.15, 0.2) is 78.9 Å². The summed E-state index contributed by atoms with van der Waals surface area (Å²) in [5, 5.41) is 21.9. The van der Waals surface area contributed by atoms with Crippen molar-refractivity contribution in [2.45, 2.75) is 43.5 Å². The van der Waals surface area contributed by atoms with Gasteiger partial charge in [-0.1, -0.05) is 60.7 Å². The second-order valence-electron chi connectivity index (χ2n) is 9.96. The number of amides is 3. The van der Waals surface area contributed by atoms with E-state index in [0.717, 1.165) is 23.1 Å². The van der Waals surface area contributed by atoms with E-state index >= 15 is 0 Å². The predicted molar refractivity (Wildman–Crippen MR) is 139 cm³/mol. The molecule has 0 saturated carbocycles. The summed E-state index contributed by atoms with van der Waals surface area (Å²) in [4.78, 5) is 65.7. The number of nitrogens with zero attached hydrogens (tertiary/aromatic N) is 3. The maximum Gasteiger partial charge on any atom is 0.332 e. The lowest BCUT2D eigenvalue weighted by Crippen LogP contribution is -2.81. The van der Waals surface area contributed by atoms with Crippen molar-refractivity contribution < 1.29 is 38.7 Å². The lowest BCUT2D eigenvalue weighted by atomic mass is 9.86. The highest BCUT2D eigenvalue weighted by molar-refractivity contribution is 6.23. The number of nitro groups is 1. The third kappa shape index (κ3) is 4.15. The van der Waals surface area contributed by atoms with Crippen LogP contribution in [0.25, 0.3) is 0 Å². The molecule has 2 saturated heterocycles. The van der Waals surface area contributed by atoms with E-state index in [4.69, 9.17) is 9.47 Å². The molecule has 3 aliphatic heterocycles. The number of fused-ring (bicyclic) bond motifs is 2. The van der Waals surface area contributed by atoms with Crippen molar-refractivity contribution in [3.05, 3.63) is 111 Å². The van der Waals surface area contributed by atoms with Crippen LogP contribution in [0.2, 0.25) is 0 Å². The molecule has 0 spiro atoms. The van der Waals surface area contributed by atoms with Crippen molar-refractivity contribution in [2.24, 2.45) is 0 Å². The van der Waals surface area contributed by atoms with Crippen LogP contribution in [0.1, 0.15) is 44.9 Å². The highest BCUT2D eigenvalue weighted by atomic mass is 16.6. The predicted octanol–water partition coefficient (Wildman–Crippen LogP) is 2.21. The zero-order valence-corrected chi connectivity index (χ0v) is 21.5. The molecule has 0 radical (unpaired) electrons. The number of aliphatic hydroxyl groups excluding tert-OH is 1. The Bertz CT molecular complexity index is 1540. The van der Waals surface area contributed by atoms with Crippen LogP contribution >= 0.6 is 0 Å². The number of hydrogen-bond donors (Lipinski definition) is 1. The van der Waals surface area contributed by atoms with Crippen LogP contribution in [0.4, 0.5) is 5.69 Å². The van der Waals surface area contributed by atoms with E-state index in [1.54, 1.807) is 48.5 Å². The number of ether oxygens (including phenoxy) is 2. The molecule has 1 N–H and O–H groups in total. The molecular formula is C29H23N3O9. The van der Waals surface area contributed by atoms with Gasteiger partial charge in [0, 0.05) is 12.1 Å². The van der Waals surface area contributed by atoms with Gasteiger partial charge in [0.15, 0.2) is 18.4 Å². The molecule has 0 aromatic heterocycles. The number of benzene rings is 3. The number of imide groups is 1. The minimum atomic E-state index is -1.62. The van der Waals surface area contributed by atoms with Gasteiger partial charge in [0.05, 0.1) is 22.2 Å². The summed E-state index contributed by atoms with van der Waals surface area (Å²) >= 11 is 0. The van der Waals surface area contributed by atoms with Gasteiger partial charge in [0.25, 0.3) is 17.5 Å². The molecule has 3 aliphatic rings. The van der Waals surface area contributed by atoms with Crippen molar-refractivity contribution in [1.82, 2.24) is 9.80 Å². The molecule has 2 fully saturated rings. The van der Waals surface area contributed by atoms with Crippen LogP contribution < -0.4 is 0 Å². The van der Waals surface area contributed by atoms with Crippen LogP contribution in [0.3, 0.4) is 0 Å². The van der Waals surface area contributed by atoms with Crippen LogP contribution in [-0.4, -0.2) is 74.0 Å². The fraction of sp³-hybridized carbons (Fsp3) is 0.241. The lowest BCUT2D eigenvalue weighted by molar-refractivity contribution is -0.384. The van der Waals surface area contributed by atoms with E-state index in [1.165, 1.54) is 6.92 Å². The molecule has 0 bridgehead atoms. The van der Waals surface area contributed by atoms with Crippen molar-refractivity contribution in [3.8, 4) is 0 Å². The minimum Gasteiger partial charge on any atom is -0.451 e. The number of carbonyl (C=O) groups excluding carboxylic acids is 4. The first-order valence-electron chi connectivity index (χ1n) is 12.8. The van der Waals surface area contributed by atoms with Crippen molar-refractivity contribution in [3.63, 3.8) is 0 Å². The maximum absolute atomic E-state index is 13.7. The topological polar surface area (TPSA) is 157 Å². The average molecular weight is 558 g/mol. The highest BCUT2D eigenvalue weighted by Gasteiger charge is 2.65. The zero-order chi connectivity index (χ0) is 29.0. The van der Waals surface area contributed by atoms with Gasteiger partial charge in [-0.15, -0.1) is 0 Å². The first kappa shape index (κ1) is 26.3. The van der Waals surface area contributed by atoms with Gasteiger partial charge >= 0.3 is 5.97 Å². The fourth-order valence-electron chi connectivity index (χ4n) is 5.68. The van der Waals surface area contributed by atoms with Crippen molar-refractivity contribution in [1.29, 1.82) is 0 Å². The van der Waals surface area contributed by atoms with Gasteiger partial charge in [-0.2, -0.15) is 0 Å². The van der Waals surface area contributed by atoms with E-state index < -0.39 is 70.9 Å². The number of rotatable bonds is 6. The molecule has 3 aromatic rings. The van der Waals surface area contributed by atoms with Crippen LogP contribution in [0, 0.1) is 10.1 Å². The lowest BCUT2D eigenvalue weighted by Gasteiger charge is -2.57. The van der Waals surface area contributed by atoms with Crippen molar-refractivity contribution in [2.75, 3.05) is 0 Å². The average Bonchev–Trinajstić information content (AvgIpc) is 3.21. The molecule has 3 aromatic carbocycles. The fourth-order valence-corrected chi connectivity index (χ4v) is 5.68. The Balaban J connectivity index is 1.28. The summed E-state index contributed by atoms with van der Waals surface area (Å²) in [6.07, 6.45) is -3.40. The summed E-state index contributed by atoms with van der Waals surface area (Å²) in [7, 11) is 0. The van der Waals surface area contributed by atoms with Gasteiger partial charge in [-0.25, -0.2) is 4.79 Å². The number of esters is 1. The van der Waals surface area contributed by atoms with Gasteiger partial charge in [0.1, 0.15) is 12.1 Å². The molecule has 208 valence electrons.